The first-order valence-corrected chi connectivity index (χ1v) is 5.31. The maximum absolute atomic E-state index is 12.1. The lowest BCUT2D eigenvalue weighted by Crippen LogP contribution is -2.03. The average Bonchev–Trinajstić information content (AvgIpc) is 2.31. The Morgan fingerprint density at radius 3 is 2.78 bits per heavy atom. The highest BCUT2D eigenvalue weighted by molar-refractivity contribution is 5.72. The largest absolute Gasteiger partial charge is 0.465 e. The molecule has 0 atom stereocenters. The molecule has 0 bridgehead atoms. The van der Waals surface area contributed by atoms with Crippen LogP contribution in [0.3, 0.4) is 0 Å². The lowest BCUT2D eigenvalue weighted by atomic mass is 10.2. The highest BCUT2D eigenvalue weighted by Gasteiger charge is 2.07. The van der Waals surface area contributed by atoms with Gasteiger partial charge in [0.1, 0.15) is 12.2 Å². The Bertz CT molecular complexity index is 461. The normalized spacial score (nSPS) is 9.56. The number of esters is 1. The molecule has 0 amide bonds. The predicted molar refractivity (Wildman–Crippen MR) is 61.2 cm³/mol. The second-order valence-electron chi connectivity index (χ2n) is 3.16. The summed E-state index contributed by atoms with van der Waals surface area (Å²) in [4.78, 5) is 11.0. The lowest BCUT2D eigenvalue weighted by Gasteiger charge is -2.05. The van der Waals surface area contributed by atoms with Crippen LogP contribution >= 0.6 is 0 Å². The first-order valence-electron chi connectivity index (χ1n) is 5.31. The summed E-state index contributed by atoms with van der Waals surface area (Å²) in [7, 11) is 0. The van der Waals surface area contributed by atoms with Crippen molar-refractivity contribution in [2.24, 2.45) is 0 Å². The van der Waals surface area contributed by atoms with Crippen LogP contribution in [-0.2, 0) is 9.53 Å². The van der Waals surface area contributed by atoms with Crippen molar-refractivity contribution in [2.45, 2.75) is 20.0 Å². The van der Waals surface area contributed by atoms with Crippen LogP contribution in [-0.4, -0.2) is 19.2 Å². The minimum atomic E-state index is -2.90. The van der Waals surface area contributed by atoms with Gasteiger partial charge in [-0.3, -0.25) is 4.79 Å². The summed E-state index contributed by atoms with van der Waals surface area (Å²) in [5, 5.41) is 0. The number of ether oxygens (including phenoxy) is 2. The van der Waals surface area contributed by atoms with Gasteiger partial charge in [0, 0.05) is 0 Å². The molecule has 0 radical (unpaired) electrons. The molecule has 0 unspecified atom stereocenters. The van der Waals surface area contributed by atoms with Gasteiger partial charge >= 0.3 is 12.6 Å². The van der Waals surface area contributed by atoms with Crippen LogP contribution in [0, 0.1) is 11.8 Å². The van der Waals surface area contributed by atoms with Gasteiger partial charge in [-0.2, -0.15) is 8.78 Å². The van der Waals surface area contributed by atoms with Crippen LogP contribution in [0.1, 0.15) is 18.9 Å². The molecule has 5 heteroatoms. The number of benzene rings is 1. The molecule has 0 aliphatic carbocycles. The van der Waals surface area contributed by atoms with E-state index in [0.717, 1.165) is 0 Å². The summed E-state index contributed by atoms with van der Waals surface area (Å²) in [6.07, 6.45) is -0.0865. The molecule has 0 N–H and O–H groups in total. The van der Waals surface area contributed by atoms with Crippen molar-refractivity contribution in [3.05, 3.63) is 29.8 Å². The fraction of sp³-hybridized carbons (Fsp3) is 0.308. The summed E-state index contributed by atoms with van der Waals surface area (Å²) in [6.45, 7) is -0.930. The maximum atomic E-state index is 12.1. The maximum Gasteiger partial charge on any atom is 0.387 e. The van der Waals surface area contributed by atoms with Crippen LogP contribution in [0.15, 0.2) is 24.3 Å². The number of carbonyl (C=O) groups excluding carboxylic acids is 1. The van der Waals surface area contributed by atoms with Crippen LogP contribution in [0.5, 0.6) is 5.75 Å². The Balaban J connectivity index is 2.72. The second-order valence-corrected chi connectivity index (χ2v) is 3.16. The van der Waals surface area contributed by atoms with Gasteiger partial charge in [0.2, 0.25) is 0 Å². The minimum absolute atomic E-state index is 0.0103. The molecule has 0 aliphatic rings. The van der Waals surface area contributed by atoms with Crippen molar-refractivity contribution in [1.29, 1.82) is 0 Å². The molecule has 0 fully saturated rings. The van der Waals surface area contributed by atoms with E-state index in [0.29, 0.717) is 5.56 Å². The van der Waals surface area contributed by atoms with Gasteiger partial charge in [-0.25, -0.2) is 0 Å². The summed E-state index contributed by atoms with van der Waals surface area (Å²) in [5.41, 5.74) is 0.307. The number of hydrogen-bond acceptors (Lipinski definition) is 3. The Kier molecular flexibility index (Phi) is 5.65. The van der Waals surface area contributed by atoms with Crippen molar-refractivity contribution in [1.82, 2.24) is 0 Å². The molecule has 0 saturated carbocycles. The summed E-state index contributed by atoms with van der Waals surface area (Å²) >= 11 is 0. The van der Waals surface area contributed by atoms with E-state index in [-0.39, 0.29) is 18.8 Å². The van der Waals surface area contributed by atoms with E-state index in [1.165, 1.54) is 12.1 Å². The Labute approximate surface area is 104 Å². The highest BCUT2D eigenvalue weighted by atomic mass is 19.3. The summed E-state index contributed by atoms with van der Waals surface area (Å²) in [5.74, 6) is 4.69. The van der Waals surface area contributed by atoms with Crippen molar-refractivity contribution < 1.29 is 23.0 Å². The molecule has 96 valence electrons. The molecule has 18 heavy (non-hydrogen) atoms. The molecule has 0 heterocycles. The van der Waals surface area contributed by atoms with Crippen LogP contribution in [0.25, 0.3) is 0 Å². The minimum Gasteiger partial charge on any atom is -0.465 e. The molecular formula is C13H12F2O3. The lowest BCUT2D eigenvalue weighted by molar-refractivity contribution is -0.141. The topological polar surface area (TPSA) is 35.5 Å². The van der Waals surface area contributed by atoms with E-state index in [9.17, 15) is 13.6 Å². The number of rotatable bonds is 4. The quantitative estimate of drug-likeness (QED) is 0.612. The fourth-order valence-electron chi connectivity index (χ4n) is 1.19. The number of hydrogen-bond donors (Lipinski definition) is 0. The van der Waals surface area contributed by atoms with Gasteiger partial charge < -0.3 is 9.47 Å². The number of alkyl halides is 2. The van der Waals surface area contributed by atoms with Gasteiger partial charge in [-0.05, 0) is 19.1 Å². The van der Waals surface area contributed by atoms with E-state index < -0.39 is 12.6 Å². The Morgan fingerprint density at radius 1 is 1.39 bits per heavy atom. The number of para-hydroxylation sites is 1. The molecule has 0 aromatic heterocycles. The zero-order chi connectivity index (χ0) is 13.4. The van der Waals surface area contributed by atoms with Gasteiger partial charge in [0.15, 0.2) is 0 Å². The molecule has 1 aromatic carbocycles. The fourth-order valence-corrected chi connectivity index (χ4v) is 1.19. The average molecular weight is 254 g/mol. The second kappa shape index (κ2) is 7.28. The predicted octanol–water partition coefficient (Wildman–Crippen LogP) is 2.59. The monoisotopic (exact) mass is 254 g/mol. The zero-order valence-electron chi connectivity index (χ0n) is 9.78. The Hall–Kier alpha value is -2.09. The van der Waals surface area contributed by atoms with Gasteiger partial charge in [-0.1, -0.05) is 24.0 Å². The zero-order valence-corrected chi connectivity index (χ0v) is 9.78. The highest BCUT2D eigenvalue weighted by Crippen LogP contribution is 2.18. The SMILES string of the molecule is CCOC(=O)CC#Cc1ccccc1OC(F)F. The van der Waals surface area contributed by atoms with E-state index in [2.05, 4.69) is 21.3 Å². The molecular weight excluding hydrogens is 242 g/mol. The Morgan fingerprint density at radius 2 is 2.11 bits per heavy atom. The summed E-state index contributed by atoms with van der Waals surface area (Å²) in [6, 6.07) is 6.14. The third-order valence-corrected chi connectivity index (χ3v) is 1.86. The van der Waals surface area contributed by atoms with Crippen LogP contribution < -0.4 is 4.74 Å². The van der Waals surface area contributed by atoms with Crippen molar-refractivity contribution in [2.75, 3.05) is 6.61 Å². The molecule has 3 nitrogen and oxygen atoms in total. The van der Waals surface area contributed by atoms with Crippen molar-refractivity contribution in [3.63, 3.8) is 0 Å². The molecule has 0 aliphatic heterocycles. The van der Waals surface area contributed by atoms with Crippen molar-refractivity contribution >= 4 is 5.97 Å². The van der Waals surface area contributed by atoms with Crippen LogP contribution in [0.2, 0.25) is 0 Å². The number of carbonyl (C=O) groups is 1. The smallest absolute Gasteiger partial charge is 0.387 e. The van der Waals surface area contributed by atoms with E-state index in [4.69, 9.17) is 0 Å². The van der Waals surface area contributed by atoms with Gasteiger partial charge in [0.05, 0.1) is 12.2 Å². The van der Waals surface area contributed by atoms with Gasteiger partial charge in [-0.15, -0.1) is 0 Å². The molecule has 1 aromatic rings. The third kappa shape index (κ3) is 4.83. The number of halogens is 2. The van der Waals surface area contributed by atoms with E-state index in [1.807, 2.05) is 0 Å². The van der Waals surface area contributed by atoms with Gasteiger partial charge in [0.25, 0.3) is 0 Å². The standard InChI is InChI=1S/C13H12F2O3/c1-2-17-12(16)9-5-7-10-6-3-4-8-11(10)18-13(14)15/h3-4,6,8,13H,2,9H2,1H3. The van der Waals surface area contributed by atoms with Crippen molar-refractivity contribution in [3.8, 4) is 17.6 Å². The molecule has 1 rings (SSSR count). The van der Waals surface area contributed by atoms with E-state index >= 15 is 0 Å². The van der Waals surface area contributed by atoms with Crippen LogP contribution in [0.4, 0.5) is 8.78 Å². The molecule has 0 saturated heterocycles. The van der Waals surface area contributed by atoms with E-state index in [1.54, 1.807) is 19.1 Å². The summed E-state index contributed by atoms with van der Waals surface area (Å²) < 4.78 is 33.2. The third-order valence-electron chi connectivity index (χ3n) is 1.86. The molecule has 0 spiro atoms. The first-order chi connectivity index (χ1) is 8.63. The first kappa shape index (κ1) is 14.0.